The molecule has 1 saturated heterocycles. The summed E-state index contributed by atoms with van der Waals surface area (Å²) in [5, 5.41) is 2.66. The summed E-state index contributed by atoms with van der Waals surface area (Å²) in [4.78, 5) is 36.7. The van der Waals surface area contributed by atoms with E-state index in [9.17, 15) is 14.0 Å². The second-order valence-electron chi connectivity index (χ2n) is 8.68. The Morgan fingerprint density at radius 3 is 2.73 bits per heavy atom. The monoisotopic (exact) mass is 465 g/mol. The Morgan fingerprint density at radius 2 is 2.12 bits per heavy atom. The lowest BCUT2D eigenvalue weighted by Gasteiger charge is -2.41. The van der Waals surface area contributed by atoms with Crippen LogP contribution >= 0.6 is 12.2 Å². The number of aromatic nitrogens is 1. The fourth-order valence-electron chi connectivity index (χ4n) is 4.93. The summed E-state index contributed by atoms with van der Waals surface area (Å²) in [5.74, 6) is -0.832. The van der Waals surface area contributed by atoms with E-state index in [2.05, 4.69) is 22.1 Å². The molecular weight excluding hydrogens is 441 g/mol. The highest BCUT2D eigenvalue weighted by atomic mass is 32.1. The Hall–Kier alpha value is -3.38. The Bertz CT molecular complexity index is 1210. The van der Waals surface area contributed by atoms with E-state index < -0.39 is 17.3 Å². The van der Waals surface area contributed by atoms with E-state index in [0.29, 0.717) is 29.8 Å². The number of nitrogens with zero attached hydrogens (tertiary/aromatic N) is 4. The van der Waals surface area contributed by atoms with Crippen LogP contribution in [0.5, 0.6) is 0 Å². The van der Waals surface area contributed by atoms with Gasteiger partial charge in [-0.2, -0.15) is 0 Å². The molecule has 1 saturated carbocycles. The number of aryl methyl sites for hydroxylation is 1. The summed E-state index contributed by atoms with van der Waals surface area (Å²) < 4.78 is 14.9. The van der Waals surface area contributed by atoms with E-state index >= 15 is 0 Å². The molecule has 9 heteroatoms. The molecule has 1 aliphatic heterocycles. The number of halogens is 1. The van der Waals surface area contributed by atoms with Gasteiger partial charge in [-0.15, -0.1) is 4.98 Å². The number of rotatable bonds is 3. The molecule has 170 valence electrons. The zero-order valence-electron chi connectivity index (χ0n) is 18.7. The van der Waals surface area contributed by atoms with Gasteiger partial charge in [0, 0.05) is 12.7 Å². The van der Waals surface area contributed by atoms with Crippen LogP contribution < -0.4 is 15.1 Å². The topological polar surface area (TPSA) is 69.9 Å². The first kappa shape index (κ1) is 22.8. The van der Waals surface area contributed by atoms with Crippen LogP contribution in [0.2, 0.25) is 0 Å². The molecule has 1 N–H and O–H groups in total. The molecule has 2 fully saturated rings. The van der Waals surface area contributed by atoms with Gasteiger partial charge in [-0.3, -0.25) is 14.5 Å². The number of hydrogen-bond donors (Lipinski definition) is 1. The molecule has 1 unspecified atom stereocenters. The average Bonchev–Trinajstić information content (AvgIpc) is 2.98. The predicted octanol–water partition coefficient (Wildman–Crippen LogP) is 4.53. The van der Waals surface area contributed by atoms with Gasteiger partial charge < -0.3 is 15.1 Å². The first-order valence-corrected chi connectivity index (χ1v) is 11.2. The van der Waals surface area contributed by atoms with Crippen molar-refractivity contribution >= 4 is 46.3 Å². The Kier molecular flexibility index (Phi) is 5.89. The summed E-state index contributed by atoms with van der Waals surface area (Å²) in [7, 11) is 1.44. The zero-order valence-corrected chi connectivity index (χ0v) is 19.5. The number of hydrogen-bond acceptors (Lipinski definition) is 4. The summed E-state index contributed by atoms with van der Waals surface area (Å²) in [6.45, 7) is 11.1. The highest BCUT2D eigenvalue weighted by Gasteiger charge is 2.57. The molecule has 1 aliphatic carbocycles. The van der Waals surface area contributed by atoms with E-state index in [1.54, 1.807) is 24.0 Å². The smallest absolute Gasteiger partial charge is 0.272 e. The minimum Gasteiger partial charge on any atom is -0.360 e. The van der Waals surface area contributed by atoms with Gasteiger partial charge in [-0.1, -0.05) is 26.3 Å². The van der Waals surface area contributed by atoms with E-state index in [1.165, 1.54) is 30.3 Å². The molecule has 2 aliphatic rings. The molecule has 0 bridgehead atoms. The van der Waals surface area contributed by atoms with Gasteiger partial charge in [0.15, 0.2) is 5.11 Å². The molecule has 33 heavy (non-hydrogen) atoms. The average molecular weight is 466 g/mol. The van der Waals surface area contributed by atoms with Crippen molar-refractivity contribution in [2.45, 2.75) is 45.1 Å². The highest BCUT2D eigenvalue weighted by molar-refractivity contribution is 7.81. The molecule has 4 rings (SSSR count). The lowest BCUT2D eigenvalue weighted by Crippen LogP contribution is -2.52. The fraction of sp³-hybridized carbons (Fsp3) is 0.375. The van der Waals surface area contributed by atoms with Gasteiger partial charge >= 0.3 is 0 Å². The number of carbonyl (C=O) groups excluding carboxylic acids is 2. The summed E-state index contributed by atoms with van der Waals surface area (Å²) in [5.41, 5.74) is 0.538. The Balaban J connectivity index is 1.84. The number of nitrogens with one attached hydrogen (secondary N) is 1. The Labute approximate surface area is 197 Å². The number of carbonyl (C=O) groups is 2. The number of benzene rings is 1. The third-order valence-corrected chi connectivity index (χ3v) is 6.83. The number of pyridine rings is 1. The molecule has 1 aromatic heterocycles. The van der Waals surface area contributed by atoms with E-state index in [-0.39, 0.29) is 28.3 Å². The molecule has 7 nitrogen and oxygen atoms in total. The van der Waals surface area contributed by atoms with Crippen molar-refractivity contribution in [2.24, 2.45) is 5.92 Å². The van der Waals surface area contributed by atoms with Crippen LogP contribution in [0.15, 0.2) is 30.5 Å². The van der Waals surface area contributed by atoms with Gasteiger partial charge in [0.25, 0.3) is 17.6 Å². The van der Waals surface area contributed by atoms with Crippen LogP contribution in [0, 0.1) is 25.2 Å². The van der Waals surface area contributed by atoms with Crippen LogP contribution in [-0.4, -0.2) is 34.5 Å². The van der Waals surface area contributed by atoms with E-state index in [0.717, 1.165) is 12.8 Å². The van der Waals surface area contributed by atoms with Crippen molar-refractivity contribution in [1.29, 1.82) is 0 Å². The van der Waals surface area contributed by atoms with Crippen LogP contribution in [0.3, 0.4) is 0 Å². The van der Waals surface area contributed by atoms with Crippen LogP contribution in [0.4, 0.5) is 21.6 Å². The maximum absolute atomic E-state index is 14.9. The van der Waals surface area contributed by atoms with Crippen LogP contribution in [0.1, 0.15) is 48.5 Å². The maximum Gasteiger partial charge on any atom is 0.272 e. The van der Waals surface area contributed by atoms with Crippen molar-refractivity contribution in [3.63, 3.8) is 0 Å². The van der Waals surface area contributed by atoms with Crippen molar-refractivity contribution in [1.82, 2.24) is 10.3 Å². The third-order valence-electron chi connectivity index (χ3n) is 6.47. The van der Waals surface area contributed by atoms with Gasteiger partial charge in [0.1, 0.15) is 17.6 Å². The number of anilines is 2. The van der Waals surface area contributed by atoms with Crippen LogP contribution in [0.25, 0.3) is 4.85 Å². The molecular formula is C24H24FN5O2S. The lowest BCUT2D eigenvalue weighted by atomic mass is 9.75. The first-order valence-electron chi connectivity index (χ1n) is 10.8. The van der Waals surface area contributed by atoms with Gasteiger partial charge in [-0.05, 0) is 67.7 Å². The van der Waals surface area contributed by atoms with Crippen molar-refractivity contribution in [3.05, 3.63) is 58.8 Å². The van der Waals surface area contributed by atoms with Crippen LogP contribution in [-0.2, 0) is 4.79 Å². The van der Waals surface area contributed by atoms with E-state index in [1.807, 2.05) is 0 Å². The van der Waals surface area contributed by atoms with Crippen molar-refractivity contribution in [3.8, 4) is 0 Å². The molecule has 2 aromatic rings. The third kappa shape index (κ3) is 3.64. The summed E-state index contributed by atoms with van der Waals surface area (Å²) >= 11 is 5.79. The molecule has 1 spiro atoms. The standard InChI is InChI=1S/C24H24FN5O2S/c1-14-6-5-9-24(12-14)22(32)29(17-10-15(2)20(26-3)28-13-17)23(33)30(24)16-7-8-18(19(25)11-16)21(31)27-4/h7-8,10-11,13-14H,5-6,9,12H2,1-2,4H3,(H,27,31)/t14-,24?/m1/s1. The number of amides is 2. The van der Waals surface area contributed by atoms with Crippen molar-refractivity contribution < 1.29 is 14.0 Å². The predicted molar refractivity (Wildman–Crippen MR) is 128 cm³/mol. The second-order valence-corrected chi connectivity index (χ2v) is 9.05. The maximum atomic E-state index is 14.9. The first-order chi connectivity index (χ1) is 15.7. The highest BCUT2D eigenvalue weighted by Crippen LogP contribution is 2.46. The van der Waals surface area contributed by atoms with Crippen molar-refractivity contribution in [2.75, 3.05) is 16.8 Å². The molecule has 1 aromatic carbocycles. The quantitative estimate of drug-likeness (QED) is 0.533. The normalized spacial score (nSPS) is 22.6. The summed E-state index contributed by atoms with van der Waals surface area (Å²) in [6.07, 6.45) is 4.47. The van der Waals surface area contributed by atoms with E-state index in [4.69, 9.17) is 18.8 Å². The SMILES string of the molecule is [C-]#[N+]c1ncc(N2C(=O)C3(CCC[C@@H](C)C3)N(c3ccc(C(=O)NC)c(F)c3)C2=S)cc1C. The zero-order chi connectivity index (χ0) is 23.9. The van der Waals surface area contributed by atoms with Gasteiger partial charge in [0.05, 0.1) is 11.3 Å². The lowest BCUT2D eigenvalue weighted by molar-refractivity contribution is -0.122. The molecule has 2 amide bonds. The second kappa shape index (κ2) is 8.52. The van der Waals surface area contributed by atoms with Gasteiger partial charge in [0.2, 0.25) is 0 Å². The minimum absolute atomic E-state index is 0.0739. The molecule has 2 atom stereocenters. The molecule has 0 radical (unpaired) electrons. The molecule has 2 heterocycles. The summed E-state index contributed by atoms with van der Waals surface area (Å²) in [6, 6.07) is 6.03. The largest absolute Gasteiger partial charge is 0.360 e. The van der Waals surface area contributed by atoms with Gasteiger partial charge in [-0.25, -0.2) is 4.39 Å². The fourth-order valence-corrected chi connectivity index (χ4v) is 5.40. The Morgan fingerprint density at radius 1 is 1.36 bits per heavy atom. The number of thiocarbonyl (C=S) groups is 1. The minimum atomic E-state index is -0.942.